The van der Waals surface area contributed by atoms with Crippen LogP contribution >= 0.6 is 0 Å². The highest BCUT2D eigenvalue weighted by Gasteiger charge is 2.17. The van der Waals surface area contributed by atoms with Gasteiger partial charge in [0.15, 0.2) is 11.5 Å². The Hall–Kier alpha value is -1.42. The van der Waals surface area contributed by atoms with Gasteiger partial charge in [0.1, 0.15) is 13.2 Å². The van der Waals surface area contributed by atoms with E-state index in [1.54, 1.807) is 0 Å². The molecule has 4 nitrogen and oxygen atoms in total. The molecule has 19 heavy (non-hydrogen) atoms. The van der Waals surface area contributed by atoms with Crippen LogP contribution in [0.4, 0.5) is 5.69 Å². The number of nitrogens with two attached hydrogens (primary N) is 1. The summed E-state index contributed by atoms with van der Waals surface area (Å²) in [6, 6.07) is 4.11. The molecule has 1 heterocycles. The number of fused-ring (bicyclic) bond motifs is 1. The number of anilines is 1. The van der Waals surface area contributed by atoms with Gasteiger partial charge >= 0.3 is 0 Å². The molecule has 0 saturated carbocycles. The van der Waals surface area contributed by atoms with Gasteiger partial charge in [0.25, 0.3) is 0 Å². The van der Waals surface area contributed by atoms with Gasteiger partial charge in [-0.05, 0) is 38.8 Å². The normalized spacial score (nSPS) is 14.4. The van der Waals surface area contributed by atoms with Crippen molar-refractivity contribution >= 4 is 5.69 Å². The second-order valence-corrected chi connectivity index (χ2v) is 5.94. The summed E-state index contributed by atoms with van der Waals surface area (Å²) in [6.45, 7) is 8.37. The number of hydrogen-bond acceptors (Lipinski definition) is 4. The third kappa shape index (κ3) is 3.53. The third-order valence-electron chi connectivity index (χ3n) is 3.36. The first-order valence-electron chi connectivity index (χ1n) is 6.77. The van der Waals surface area contributed by atoms with Crippen molar-refractivity contribution in [3.63, 3.8) is 0 Å². The minimum Gasteiger partial charge on any atom is -0.486 e. The molecular weight excluding hydrogens is 240 g/mol. The van der Waals surface area contributed by atoms with Crippen molar-refractivity contribution in [2.75, 3.05) is 31.7 Å². The Morgan fingerprint density at radius 3 is 2.37 bits per heavy atom. The van der Waals surface area contributed by atoms with Crippen LogP contribution in [-0.2, 0) is 0 Å². The second-order valence-electron chi connectivity index (χ2n) is 5.94. The molecule has 1 aliphatic rings. The van der Waals surface area contributed by atoms with Crippen LogP contribution in [0.3, 0.4) is 0 Å². The molecule has 0 saturated heterocycles. The maximum Gasteiger partial charge on any atom is 0.163 e. The van der Waals surface area contributed by atoms with Crippen LogP contribution in [0.5, 0.6) is 11.5 Å². The number of benzene rings is 1. The van der Waals surface area contributed by atoms with Crippen LogP contribution in [-0.4, -0.2) is 32.3 Å². The van der Waals surface area contributed by atoms with E-state index < -0.39 is 0 Å². The van der Waals surface area contributed by atoms with Crippen LogP contribution in [0, 0.1) is 6.92 Å². The van der Waals surface area contributed by atoms with Crippen molar-refractivity contribution in [3.05, 3.63) is 17.7 Å². The molecule has 4 heteroatoms. The fraction of sp³-hybridized carbons (Fsp3) is 0.600. The molecule has 0 aromatic heterocycles. The van der Waals surface area contributed by atoms with Gasteiger partial charge in [-0.15, -0.1) is 0 Å². The number of hydrogen-bond donors (Lipinski definition) is 1. The van der Waals surface area contributed by atoms with Crippen LogP contribution in [0.2, 0.25) is 0 Å². The zero-order valence-electron chi connectivity index (χ0n) is 12.3. The molecule has 0 atom stereocenters. The van der Waals surface area contributed by atoms with Gasteiger partial charge in [0.05, 0.1) is 0 Å². The van der Waals surface area contributed by atoms with E-state index in [-0.39, 0.29) is 5.54 Å². The molecular formula is C15H24N2O2. The molecule has 0 fully saturated rings. The van der Waals surface area contributed by atoms with Crippen molar-refractivity contribution in [3.8, 4) is 11.5 Å². The SMILES string of the molecule is Cc1cc2c(cc1N(C)CCC(C)(C)N)OCCO2. The summed E-state index contributed by atoms with van der Waals surface area (Å²) in [5, 5.41) is 0. The highest BCUT2D eigenvalue weighted by Crippen LogP contribution is 2.36. The monoisotopic (exact) mass is 264 g/mol. The predicted octanol–water partition coefficient (Wildman–Crippen LogP) is 2.33. The Balaban J connectivity index is 2.15. The van der Waals surface area contributed by atoms with E-state index in [4.69, 9.17) is 15.2 Å². The lowest BCUT2D eigenvalue weighted by atomic mass is 10.0. The Kier molecular flexibility index (Phi) is 3.90. The van der Waals surface area contributed by atoms with E-state index in [2.05, 4.69) is 38.8 Å². The van der Waals surface area contributed by atoms with Gasteiger partial charge in [-0.25, -0.2) is 0 Å². The first-order valence-corrected chi connectivity index (χ1v) is 6.77. The molecule has 0 spiro atoms. The molecule has 2 N–H and O–H groups in total. The maximum atomic E-state index is 6.04. The van der Waals surface area contributed by atoms with Crippen molar-refractivity contribution in [2.24, 2.45) is 5.73 Å². The van der Waals surface area contributed by atoms with Crippen LogP contribution < -0.4 is 20.1 Å². The van der Waals surface area contributed by atoms with E-state index in [0.717, 1.165) is 24.5 Å². The summed E-state index contributed by atoms with van der Waals surface area (Å²) in [6.07, 6.45) is 0.942. The topological polar surface area (TPSA) is 47.7 Å². The fourth-order valence-electron chi connectivity index (χ4n) is 2.17. The third-order valence-corrected chi connectivity index (χ3v) is 3.36. The van der Waals surface area contributed by atoms with Crippen LogP contribution in [0.25, 0.3) is 0 Å². The van der Waals surface area contributed by atoms with E-state index in [1.807, 2.05) is 6.07 Å². The van der Waals surface area contributed by atoms with Crippen molar-refractivity contribution in [2.45, 2.75) is 32.7 Å². The zero-order chi connectivity index (χ0) is 14.0. The standard InChI is InChI=1S/C15H24N2O2/c1-11-9-13-14(19-8-7-18-13)10-12(11)17(4)6-5-15(2,3)16/h9-10H,5-8,16H2,1-4H3. The molecule has 0 amide bonds. The quantitative estimate of drug-likeness (QED) is 0.906. The lowest BCUT2D eigenvalue weighted by molar-refractivity contribution is 0.171. The van der Waals surface area contributed by atoms with E-state index in [9.17, 15) is 0 Å². The maximum absolute atomic E-state index is 6.04. The minimum atomic E-state index is -0.143. The predicted molar refractivity (Wildman–Crippen MR) is 78.3 cm³/mol. The highest BCUT2D eigenvalue weighted by atomic mass is 16.6. The number of rotatable bonds is 4. The van der Waals surface area contributed by atoms with Gasteiger partial charge in [0, 0.05) is 30.9 Å². The number of ether oxygens (including phenoxy) is 2. The molecule has 0 aliphatic carbocycles. The smallest absolute Gasteiger partial charge is 0.163 e. The van der Waals surface area contributed by atoms with Gasteiger partial charge in [0.2, 0.25) is 0 Å². The summed E-state index contributed by atoms with van der Waals surface area (Å²) < 4.78 is 11.2. The summed E-state index contributed by atoms with van der Waals surface area (Å²) in [4.78, 5) is 2.22. The Bertz CT molecular complexity index is 452. The number of aryl methyl sites for hydroxylation is 1. The van der Waals surface area contributed by atoms with Gasteiger partial charge in [-0.3, -0.25) is 0 Å². The zero-order valence-corrected chi connectivity index (χ0v) is 12.3. The average Bonchev–Trinajstić information content (AvgIpc) is 2.34. The molecule has 0 bridgehead atoms. The fourth-order valence-corrected chi connectivity index (χ4v) is 2.17. The molecule has 1 aromatic carbocycles. The summed E-state index contributed by atoms with van der Waals surface area (Å²) in [7, 11) is 2.09. The summed E-state index contributed by atoms with van der Waals surface area (Å²) >= 11 is 0. The first kappa shape index (κ1) is 14.0. The van der Waals surface area contributed by atoms with E-state index in [1.165, 1.54) is 11.3 Å². The van der Waals surface area contributed by atoms with Gasteiger partial charge in [-0.2, -0.15) is 0 Å². The number of nitrogens with zero attached hydrogens (tertiary/aromatic N) is 1. The lowest BCUT2D eigenvalue weighted by Crippen LogP contribution is -2.36. The van der Waals surface area contributed by atoms with Crippen molar-refractivity contribution < 1.29 is 9.47 Å². The van der Waals surface area contributed by atoms with Crippen molar-refractivity contribution in [1.29, 1.82) is 0 Å². The average molecular weight is 264 g/mol. The van der Waals surface area contributed by atoms with E-state index in [0.29, 0.717) is 13.2 Å². The highest BCUT2D eigenvalue weighted by molar-refractivity contribution is 5.61. The Morgan fingerprint density at radius 1 is 1.21 bits per heavy atom. The van der Waals surface area contributed by atoms with Crippen molar-refractivity contribution in [1.82, 2.24) is 0 Å². The molecule has 1 aliphatic heterocycles. The lowest BCUT2D eigenvalue weighted by Gasteiger charge is -2.28. The molecule has 2 rings (SSSR count). The summed E-state index contributed by atoms with van der Waals surface area (Å²) in [5.74, 6) is 1.69. The summed E-state index contributed by atoms with van der Waals surface area (Å²) in [5.41, 5.74) is 8.27. The van der Waals surface area contributed by atoms with E-state index >= 15 is 0 Å². The minimum absolute atomic E-state index is 0.143. The molecule has 0 radical (unpaired) electrons. The van der Waals surface area contributed by atoms with Gasteiger partial charge < -0.3 is 20.1 Å². The van der Waals surface area contributed by atoms with Crippen LogP contribution in [0.1, 0.15) is 25.8 Å². The Morgan fingerprint density at radius 2 is 1.79 bits per heavy atom. The van der Waals surface area contributed by atoms with Crippen LogP contribution in [0.15, 0.2) is 12.1 Å². The second kappa shape index (κ2) is 5.29. The first-order chi connectivity index (χ1) is 8.87. The van der Waals surface area contributed by atoms with Gasteiger partial charge in [-0.1, -0.05) is 0 Å². The Labute approximate surface area is 115 Å². The molecule has 1 aromatic rings. The largest absolute Gasteiger partial charge is 0.486 e. The molecule has 0 unspecified atom stereocenters. The molecule has 106 valence electrons.